The van der Waals surface area contributed by atoms with E-state index in [1.807, 2.05) is 0 Å². The number of ether oxygens (including phenoxy) is 2. The van der Waals surface area contributed by atoms with Gasteiger partial charge < -0.3 is 9.47 Å². The Morgan fingerprint density at radius 2 is 1.07 bits per heavy atom. The third kappa shape index (κ3) is 21.0. The molecule has 0 amide bonds. The quantitative estimate of drug-likeness (QED) is 0.127. The van der Waals surface area contributed by atoms with Crippen molar-refractivity contribution in [3.8, 4) is 0 Å². The highest BCUT2D eigenvalue weighted by Gasteiger charge is 2.03. The summed E-state index contributed by atoms with van der Waals surface area (Å²) in [6, 6.07) is 0. The Labute approximate surface area is 173 Å². The normalized spacial score (nSPS) is 11.1. The minimum atomic E-state index is -0.0785. The fourth-order valence-corrected chi connectivity index (χ4v) is 2.92. The number of unbranched alkanes of at least 4 members (excludes halogenated alkanes) is 10. The molecular formula is C24H44O4. The van der Waals surface area contributed by atoms with Gasteiger partial charge in [0.15, 0.2) is 0 Å². The second-order valence-electron chi connectivity index (χ2n) is 7.53. The van der Waals surface area contributed by atoms with Gasteiger partial charge in [0, 0.05) is 12.8 Å². The molecule has 0 atom stereocenters. The number of esters is 2. The minimum Gasteiger partial charge on any atom is -0.466 e. The Morgan fingerprint density at radius 1 is 0.571 bits per heavy atom. The second kappa shape index (κ2) is 22.0. The first kappa shape index (κ1) is 26.7. The molecule has 0 rings (SSSR count). The minimum absolute atomic E-state index is 0.0605. The van der Waals surface area contributed by atoms with Gasteiger partial charge in [-0.05, 0) is 38.5 Å². The largest absolute Gasteiger partial charge is 0.466 e. The van der Waals surface area contributed by atoms with Crippen LogP contribution in [0.3, 0.4) is 0 Å². The van der Waals surface area contributed by atoms with Crippen LogP contribution in [0.1, 0.15) is 117 Å². The molecule has 0 saturated heterocycles. The lowest BCUT2D eigenvalue weighted by atomic mass is 10.1. The van der Waals surface area contributed by atoms with E-state index in [1.54, 1.807) is 0 Å². The summed E-state index contributed by atoms with van der Waals surface area (Å²) in [6.45, 7) is 5.41. The summed E-state index contributed by atoms with van der Waals surface area (Å²) in [6.07, 6.45) is 20.4. The molecule has 0 fully saturated rings. The Hall–Kier alpha value is -1.32. The van der Waals surface area contributed by atoms with E-state index in [4.69, 9.17) is 9.47 Å². The van der Waals surface area contributed by atoms with Crippen LogP contribution >= 0.6 is 0 Å². The molecule has 4 nitrogen and oxygen atoms in total. The summed E-state index contributed by atoms with van der Waals surface area (Å²) in [5.41, 5.74) is 0. The van der Waals surface area contributed by atoms with E-state index in [0.717, 1.165) is 70.6 Å². The standard InChI is InChI=1S/C24H44O4/c1-3-5-7-8-11-14-18-22-28-24(26)20-16-13-10-9-12-15-19-23(25)27-21-17-6-4-2/h11,14H,3-10,12-13,15-22H2,1-2H3/b14-11-. The van der Waals surface area contributed by atoms with Gasteiger partial charge in [-0.15, -0.1) is 0 Å². The maximum Gasteiger partial charge on any atom is 0.305 e. The van der Waals surface area contributed by atoms with Crippen molar-refractivity contribution in [1.29, 1.82) is 0 Å². The molecule has 0 N–H and O–H groups in total. The van der Waals surface area contributed by atoms with Crippen molar-refractivity contribution in [3.05, 3.63) is 12.2 Å². The molecule has 28 heavy (non-hydrogen) atoms. The van der Waals surface area contributed by atoms with E-state index < -0.39 is 0 Å². The lowest BCUT2D eigenvalue weighted by Crippen LogP contribution is -2.05. The van der Waals surface area contributed by atoms with E-state index in [2.05, 4.69) is 26.0 Å². The van der Waals surface area contributed by atoms with Crippen LogP contribution < -0.4 is 0 Å². The zero-order valence-corrected chi connectivity index (χ0v) is 18.5. The Morgan fingerprint density at radius 3 is 1.68 bits per heavy atom. The molecule has 4 heteroatoms. The lowest BCUT2D eigenvalue weighted by Gasteiger charge is -2.05. The van der Waals surface area contributed by atoms with Crippen molar-refractivity contribution >= 4 is 11.9 Å². The number of hydrogen-bond donors (Lipinski definition) is 0. The van der Waals surface area contributed by atoms with E-state index in [0.29, 0.717) is 26.1 Å². The van der Waals surface area contributed by atoms with Gasteiger partial charge >= 0.3 is 11.9 Å². The van der Waals surface area contributed by atoms with Crippen LogP contribution in [0.2, 0.25) is 0 Å². The molecule has 0 unspecified atom stereocenters. The van der Waals surface area contributed by atoms with Crippen molar-refractivity contribution in [2.75, 3.05) is 13.2 Å². The fourth-order valence-electron chi connectivity index (χ4n) is 2.92. The monoisotopic (exact) mass is 396 g/mol. The molecule has 0 heterocycles. The van der Waals surface area contributed by atoms with Crippen molar-refractivity contribution in [1.82, 2.24) is 0 Å². The number of allylic oxidation sites excluding steroid dienone is 1. The second-order valence-corrected chi connectivity index (χ2v) is 7.53. The highest BCUT2D eigenvalue weighted by atomic mass is 16.5. The first-order valence-corrected chi connectivity index (χ1v) is 11.7. The molecule has 0 aliphatic carbocycles. The Balaban J connectivity index is 3.31. The highest BCUT2D eigenvalue weighted by Crippen LogP contribution is 2.10. The van der Waals surface area contributed by atoms with Gasteiger partial charge in [-0.2, -0.15) is 0 Å². The molecule has 0 bridgehead atoms. The van der Waals surface area contributed by atoms with Crippen molar-refractivity contribution in [2.24, 2.45) is 0 Å². The molecule has 164 valence electrons. The van der Waals surface area contributed by atoms with E-state index in [9.17, 15) is 9.59 Å². The van der Waals surface area contributed by atoms with Crippen LogP contribution in [0.15, 0.2) is 12.2 Å². The van der Waals surface area contributed by atoms with Crippen LogP contribution in [0, 0.1) is 0 Å². The summed E-state index contributed by atoms with van der Waals surface area (Å²) >= 11 is 0. The third-order valence-electron chi connectivity index (χ3n) is 4.71. The fraction of sp³-hybridized carbons (Fsp3) is 0.833. The summed E-state index contributed by atoms with van der Waals surface area (Å²) in [5.74, 6) is -0.139. The average Bonchev–Trinajstić information content (AvgIpc) is 2.69. The Bertz CT molecular complexity index is 390. The van der Waals surface area contributed by atoms with Crippen molar-refractivity contribution < 1.29 is 19.1 Å². The molecule has 0 aliphatic heterocycles. The topological polar surface area (TPSA) is 52.6 Å². The first-order valence-electron chi connectivity index (χ1n) is 11.7. The van der Waals surface area contributed by atoms with Gasteiger partial charge in [0.2, 0.25) is 0 Å². The van der Waals surface area contributed by atoms with Crippen LogP contribution in [0.25, 0.3) is 0 Å². The highest BCUT2D eigenvalue weighted by molar-refractivity contribution is 5.69. The molecule has 0 saturated carbocycles. The zero-order valence-electron chi connectivity index (χ0n) is 18.5. The van der Waals surface area contributed by atoms with Gasteiger partial charge in [0.1, 0.15) is 0 Å². The van der Waals surface area contributed by atoms with Crippen LogP contribution in [0.5, 0.6) is 0 Å². The number of rotatable bonds is 20. The van der Waals surface area contributed by atoms with E-state index >= 15 is 0 Å². The summed E-state index contributed by atoms with van der Waals surface area (Å²) < 4.78 is 10.4. The summed E-state index contributed by atoms with van der Waals surface area (Å²) in [7, 11) is 0. The van der Waals surface area contributed by atoms with Crippen LogP contribution in [-0.2, 0) is 19.1 Å². The smallest absolute Gasteiger partial charge is 0.305 e. The number of carbonyl (C=O) groups excluding carboxylic acids is 2. The maximum absolute atomic E-state index is 11.7. The molecule has 0 aromatic rings. The Kier molecular flexibility index (Phi) is 20.9. The molecule has 0 aliphatic rings. The molecule has 0 radical (unpaired) electrons. The maximum atomic E-state index is 11.7. The van der Waals surface area contributed by atoms with E-state index in [1.165, 1.54) is 19.3 Å². The predicted octanol–water partition coefficient (Wildman–Crippen LogP) is 6.91. The molecule has 0 spiro atoms. The predicted molar refractivity (Wildman–Crippen MR) is 116 cm³/mol. The first-order chi connectivity index (χ1) is 13.7. The van der Waals surface area contributed by atoms with Crippen molar-refractivity contribution in [3.63, 3.8) is 0 Å². The molecule has 0 aromatic heterocycles. The van der Waals surface area contributed by atoms with Crippen LogP contribution in [0.4, 0.5) is 0 Å². The van der Waals surface area contributed by atoms with Gasteiger partial charge in [-0.3, -0.25) is 9.59 Å². The van der Waals surface area contributed by atoms with Gasteiger partial charge in [-0.1, -0.05) is 77.4 Å². The van der Waals surface area contributed by atoms with Gasteiger partial charge in [-0.25, -0.2) is 0 Å². The van der Waals surface area contributed by atoms with Gasteiger partial charge in [0.05, 0.1) is 13.2 Å². The lowest BCUT2D eigenvalue weighted by molar-refractivity contribution is -0.144. The average molecular weight is 397 g/mol. The molecular weight excluding hydrogens is 352 g/mol. The summed E-state index contributed by atoms with van der Waals surface area (Å²) in [4.78, 5) is 23.2. The third-order valence-corrected chi connectivity index (χ3v) is 4.71. The van der Waals surface area contributed by atoms with E-state index in [-0.39, 0.29) is 11.9 Å². The van der Waals surface area contributed by atoms with Crippen LogP contribution in [-0.4, -0.2) is 25.2 Å². The van der Waals surface area contributed by atoms with Crippen molar-refractivity contribution in [2.45, 2.75) is 117 Å². The number of carbonyl (C=O) groups is 2. The summed E-state index contributed by atoms with van der Waals surface area (Å²) in [5, 5.41) is 0. The SMILES string of the molecule is CCCCC/C=C\CCOC(=O)CCCCCCCCC(=O)OCCCCC. The molecule has 0 aromatic carbocycles. The van der Waals surface area contributed by atoms with Gasteiger partial charge in [0.25, 0.3) is 0 Å². The zero-order chi connectivity index (χ0) is 20.7. The number of hydrogen-bond acceptors (Lipinski definition) is 4.